The summed E-state index contributed by atoms with van der Waals surface area (Å²) in [6, 6.07) is 0.772. The van der Waals surface area contributed by atoms with E-state index in [2.05, 4.69) is 4.98 Å². The Morgan fingerprint density at radius 1 is 1.62 bits per heavy atom. The molecule has 86 valence electrons. The summed E-state index contributed by atoms with van der Waals surface area (Å²) in [4.78, 5) is 23.2. The number of carbonyl (C=O) groups excluding carboxylic acids is 1. The van der Waals surface area contributed by atoms with Crippen molar-refractivity contribution in [2.45, 2.75) is 6.43 Å². The van der Waals surface area contributed by atoms with E-state index in [1.807, 2.05) is 0 Å². The maximum atomic E-state index is 12.4. The Balaban J connectivity index is 3.51. The van der Waals surface area contributed by atoms with Gasteiger partial charge in [0.05, 0.1) is 4.92 Å². The zero-order valence-electron chi connectivity index (χ0n) is 7.49. The SMILES string of the molecule is NC(=O)c1cc(Cl)c([N+](=O)[O-])c(C(F)F)n1. The Kier molecular flexibility index (Phi) is 3.33. The van der Waals surface area contributed by atoms with Crippen LogP contribution in [0.4, 0.5) is 14.5 Å². The third-order valence-corrected chi connectivity index (χ3v) is 1.90. The Bertz CT molecular complexity index is 466. The molecule has 0 aliphatic carbocycles. The molecule has 0 saturated heterocycles. The normalized spacial score (nSPS) is 10.5. The fourth-order valence-corrected chi connectivity index (χ4v) is 1.25. The van der Waals surface area contributed by atoms with Crippen LogP contribution < -0.4 is 5.73 Å². The predicted molar refractivity (Wildman–Crippen MR) is 49.4 cm³/mol. The minimum Gasteiger partial charge on any atom is -0.364 e. The number of amides is 1. The van der Waals surface area contributed by atoms with Gasteiger partial charge in [-0.2, -0.15) is 0 Å². The maximum absolute atomic E-state index is 12.4. The average molecular weight is 252 g/mol. The van der Waals surface area contributed by atoms with E-state index in [-0.39, 0.29) is 0 Å². The molecular formula is C7H4ClF2N3O3. The predicted octanol–water partition coefficient (Wildman–Crippen LogP) is 1.68. The van der Waals surface area contributed by atoms with Crippen LogP contribution in [0.15, 0.2) is 6.07 Å². The molecule has 0 saturated carbocycles. The van der Waals surface area contributed by atoms with E-state index < -0.39 is 39.4 Å². The van der Waals surface area contributed by atoms with E-state index in [0.717, 1.165) is 6.07 Å². The molecule has 0 aromatic carbocycles. The van der Waals surface area contributed by atoms with E-state index in [1.165, 1.54) is 0 Å². The summed E-state index contributed by atoms with van der Waals surface area (Å²) in [6.45, 7) is 0. The van der Waals surface area contributed by atoms with Crippen LogP contribution in [0.1, 0.15) is 22.6 Å². The molecule has 1 aromatic rings. The van der Waals surface area contributed by atoms with Gasteiger partial charge in [-0.15, -0.1) is 0 Å². The van der Waals surface area contributed by atoms with Crippen LogP contribution in [-0.4, -0.2) is 15.8 Å². The second kappa shape index (κ2) is 4.35. The summed E-state index contributed by atoms with van der Waals surface area (Å²) in [5.74, 6) is -1.10. The molecule has 0 unspecified atom stereocenters. The number of nitrogens with two attached hydrogens (primary N) is 1. The molecule has 16 heavy (non-hydrogen) atoms. The molecule has 6 nitrogen and oxygen atoms in total. The highest BCUT2D eigenvalue weighted by molar-refractivity contribution is 6.33. The summed E-state index contributed by atoms with van der Waals surface area (Å²) >= 11 is 5.39. The summed E-state index contributed by atoms with van der Waals surface area (Å²) in [5.41, 5.74) is 2.05. The quantitative estimate of drug-likeness (QED) is 0.652. The second-order valence-corrected chi connectivity index (χ2v) is 3.05. The van der Waals surface area contributed by atoms with Gasteiger partial charge in [0.2, 0.25) is 0 Å². The van der Waals surface area contributed by atoms with Crippen LogP contribution in [0.25, 0.3) is 0 Å². The van der Waals surface area contributed by atoms with Gasteiger partial charge in [-0.05, 0) is 6.07 Å². The minimum atomic E-state index is -3.22. The lowest BCUT2D eigenvalue weighted by molar-refractivity contribution is -0.386. The fourth-order valence-electron chi connectivity index (χ4n) is 0.985. The maximum Gasteiger partial charge on any atom is 0.315 e. The van der Waals surface area contributed by atoms with E-state index >= 15 is 0 Å². The number of aromatic nitrogens is 1. The van der Waals surface area contributed by atoms with Crippen LogP contribution >= 0.6 is 11.6 Å². The van der Waals surface area contributed by atoms with Crippen molar-refractivity contribution in [2.75, 3.05) is 0 Å². The van der Waals surface area contributed by atoms with E-state index in [4.69, 9.17) is 17.3 Å². The molecule has 1 amide bonds. The van der Waals surface area contributed by atoms with Gasteiger partial charge in [0.15, 0.2) is 5.69 Å². The van der Waals surface area contributed by atoms with Crippen LogP contribution in [-0.2, 0) is 0 Å². The number of hydrogen-bond donors (Lipinski definition) is 1. The Hall–Kier alpha value is -1.83. The highest BCUT2D eigenvalue weighted by Crippen LogP contribution is 2.33. The van der Waals surface area contributed by atoms with Crippen molar-refractivity contribution in [3.63, 3.8) is 0 Å². The minimum absolute atomic E-state index is 0.550. The Labute approximate surface area is 92.2 Å². The molecule has 0 aliphatic heterocycles. The van der Waals surface area contributed by atoms with Crippen molar-refractivity contribution in [3.8, 4) is 0 Å². The molecule has 0 atom stereocenters. The van der Waals surface area contributed by atoms with E-state index in [0.29, 0.717) is 0 Å². The van der Waals surface area contributed by atoms with Gasteiger partial charge in [0.1, 0.15) is 10.7 Å². The first kappa shape index (κ1) is 12.2. The molecular weight excluding hydrogens is 248 g/mol. The van der Waals surface area contributed by atoms with Gasteiger partial charge < -0.3 is 5.73 Å². The molecule has 0 radical (unpaired) electrons. The van der Waals surface area contributed by atoms with Gasteiger partial charge in [0, 0.05) is 0 Å². The summed E-state index contributed by atoms with van der Waals surface area (Å²) in [5, 5.41) is 9.85. The van der Waals surface area contributed by atoms with Gasteiger partial charge in [-0.1, -0.05) is 11.6 Å². The molecule has 1 heterocycles. The van der Waals surface area contributed by atoms with E-state index in [1.54, 1.807) is 0 Å². The van der Waals surface area contributed by atoms with Crippen LogP contribution in [0.3, 0.4) is 0 Å². The smallest absolute Gasteiger partial charge is 0.315 e. The van der Waals surface area contributed by atoms with Crippen molar-refractivity contribution in [2.24, 2.45) is 5.73 Å². The van der Waals surface area contributed by atoms with E-state index in [9.17, 15) is 23.7 Å². The fraction of sp³-hybridized carbons (Fsp3) is 0.143. The first-order valence-corrected chi connectivity index (χ1v) is 4.15. The first-order chi connectivity index (χ1) is 7.34. The Morgan fingerprint density at radius 2 is 2.19 bits per heavy atom. The number of pyridine rings is 1. The summed E-state index contributed by atoms with van der Waals surface area (Å²) in [7, 11) is 0. The number of halogens is 3. The van der Waals surface area contributed by atoms with Crippen LogP contribution in [0, 0.1) is 10.1 Å². The highest BCUT2D eigenvalue weighted by atomic mass is 35.5. The third kappa shape index (κ3) is 2.22. The third-order valence-electron chi connectivity index (χ3n) is 1.61. The largest absolute Gasteiger partial charge is 0.364 e. The number of nitrogens with zero attached hydrogens (tertiary/aromatic N) is 2. The van der Waals surface area contributed by atoms with Gasteiger partial charge in [-0.3, -0.25) is 14.9 Å². The summed E-state index contributed by atoms with van der Waals surface area (Å²) in [6.07, 6.45) is -3.22. The zero-order valence-corrected chi connectivity index (χ0v) is 8.24. The van der Waals surface area contributed by atoms with Crippen LogP contribution in [0.5, 0.6) is 0 Å². The molecule has 0 bridgehead atoms. The molecule has 0 aliphatic rings. The molecule has 2 N–H and O–H groups in total. The van der Waals surface area contributed by atoms with Crippen molar-refractivity contribution in [1.29, 1.82) is 0 Å². The lowest BCUT2D eigenvalue weighted by atomic mass is 10.2. The molecule has 9 heteroatoms. The summed E-state index contributed by atoms with van der Waals surface area (Å²) < 4.78 is 24.9. The molecule has 1 rings (SSSR count). The van der Waals surface area contributed by atoms with Gasteiger partial charge in [0.25, 0.3) is 12.3 Å². The zero-order chi connectivity index (χ0) is 12.5. The van der Waals surface area contributed by atoms with Gasteiger partial charge >= 0.3 is 5.69 Å². The number of primary amides is 1. The second-order valence-electron chi connectivity index (χ2n) is 2.65. The van der Waals surface area contributed by atoms with Crippen molar-refractivity contribution >= 4 is 23.2 Å². The first-order valence-electron chi connectivity index (χ1n) is 3.77. The molecule has 0 spiro atoms. The van der Waals surface area contributed by atoms with Crippen molar-refractivity contribution in [1.82, 2.24) is 4.98 Å². The lowest BCUT2D eigenvalue weighted by Gasteiger charge is -2.04. The number of carbonyl (C=O) groups is 1. The van der Waals surface area contributed by atoms with Crippen molar-refractivity contribution < 1.29 is 18.5 Å². The number of alkyl halides is 2. The monoisotopic (exact) mass is 251 g/mol. The number of rotatable bonds is 3. The number of hydrogen-bond acceptors (Lipinski definition) is 4. The Morgan fingerprint density at radius 3 is 2.56 bits per heavy atom. The lowest BCUT2D eigenvalue weighted by Crippen LogP contribution is -2.15. The van der Waals surface area contributed by atoms with Crippen LogP contribution in [0.2, 0.25) is 5.02 Å². The van der Waals surface area contributed by atoms with Gasteiger partial charge in [-0.25, -0.2) is 13.8 Å². The molecule has 1 aromatic heterocycles. The van der Waals surface area contributed by atoms with Crippen molar-refractivity contribution in [3.05, 3.63) is 32.6 Å². The molecule has 0 fully saturated rings. The standard InChI is InChI=1S/C7H4ClF2N3O3/c8-2-1-3(7(11)14)12-4(6(9)10)5(2)13(15)16/h1,6H,(H2,11,14). The highest BCUT2D eigenvalue weighted by Gasteiger charge is 2.28. The topological polar surface area (TPSA) is 99.1 Å². The average Bonchev–Trinajstić information content (AvgIpc) is 2.15. The number of nitro groups is 1.